The molecule has 1 aliphatic rings. The number of carbonyl (C=O) groups excluding carboxylic acids is 3. The van der Waals surface area contributed by atoms with Gasteiger partial charge < -0.3 is 10.2 Å². The second-order valence-electron chi connectivity index (χ2n) is 5.19. The third-order valence-corrected chi connectivity index (χ3v) is 3.48. The van der Waals surface area contributed by atoms with E-state index in [1.807, 2.05) is 5.32 Å². The van der Waals surface area contributed by atoms with E-state index >= 15 is 0 Å². The summed E-state index contributed by atoms with van der Waals surface area (Å²) in [4.78, 5) is 37.1. The summed E-state index contributed by atoms with van der Waals surface area (Å²) in [7, 11) is 0. The van der Waals surface area contributed by atoms with E-state index in [2.05, 4.69) is 0 Å². The molecule has 0 aliphatic carbocycles. The Balaban J connectivity index is 2.03. The molecule has 1 aliphatic heterocycles. The molecule has 7 nitrogen and oxygen atoms in total. The van der Waals surface area contributed by atoms with E-state index in [9.17, 15) is 29.0 Å². The van der Waals surface area contributed by atoms with Crippen molar-refractivity contribution in [3.63, 3.8) is 0 Å². The van der Waals surface area contributed by atoms with Gasteiger partial charge in [-0.25, -0.2) is 14.1 Å². The van der Waals surface area contributed by atoms with Crippen molar-refractivity contribution < 1.29 is 29.0 Å². The maximum atomic E-state index is 13.4. The van der Waals surface area contributed by atoms with Crippen LogP contribution in [0.2, 0.25) is 0 Å². The van der Waals surface area contributed by atoms with E-state index in [4.69, 9.17) is 0 Å². The molecule has 0 unspecified atom stereocenters. The highest BCUT2D eigenvalue weighted by Gasteiger charge is 2.36. The van der Waals surface area contributed by atoms with Crippen LogP contribution >= 0.6 is 0 Å². The second kappa shape index (κ2) is 6.08. The Morgan fingerprint density at radius 1 is 1.00 bits per heavy atom. The highest BCUT2D eigenvalue weighted by atomic mass is 19.1. The number of aromatic hydroxyl groups is 2. The van der Waals surface area contributed by atoms with Crippen LogP contribution in [0.15, 0.2) is 48.0 Å². The lowest BCUT2D eigenvalue weighted by molar-refractivity contribution is -0.122. The summed E-state index contributed by atoms with van der Waals surface area (Å²) in [5, 5.41) is 20.8. The molecule has 0 atom stereocenters. The first kappa shape index (κ1) is 16.2. The van der Waals surface area contributed by atoms with Gasteiger partial charge in [0, 0.05) is 0 Å². The second-order valence-corrected chi connectivity index (χ2v) is 5.19. The predicted octanol–water partition coefficient (Wildman–Crippen LogP) is 1.90. The highest BCUT2D eigenvalue weighted by Crippen LogP contribution is 2.27. The number of halogens is 1. The maximum absolute atomic E-state index is 13.4. The van der Waals surface area contributed by atoms with E-state index in [0.29, 0.717) is 4.90 Å². The van der Waals surface area contributed by atoms with Gasteiger partial charge in [-0.15, -0.1) is 0 Å². The topological polar surface area (TPSA) is 107 Å². The molecule has 8 heteroatoms. The number of barbiturate groups is 1. The first-order valence-electron chi connectivity index (χ1n) is 7.06. The Hall–Kier alpha value is -3.68. The molecule has 3 N–H and O–H groups in total. The smallest absolute Gasteiger partial charge is 0.335 e. The number of nitrogens with zero attached hydrogens (tertiary/aromatic N) is 1. The summed E-state index contributed by atoms with van der Waals surface area (Å²) in [6, 6.07) is 7.50. The average Bonchev–Trinajstić information content (AvgIpc) is 2.54. The van der Waals surface area contributed by atoms with Crippen LogP contribution in [-0.2, 0) is 9.59 Å². The van der Waals surface area contributed by atoms with Gasteiger partial charge in [-0.2, -0.15) is 0 Å². The Bertz CT molecular complexity index is 938. The van der Waals surface area contributed by atoms with Gasteiger partial charge in [0.2, 0.25) is 0 Å². The molecule has 25 heavy (non-hydrogen) atoms. The van der Waals surface area contributed by atoms with Crippen molar-refractivity contribution in [3.05, 3.63) is 59.4 Å². The molecular formula is C17H11FN2O5. The Morgan fingerprint density at radius 3 is 2.44 bits per heavy atom. The zero-order valence-electron chi connectivity index (χ0n) is 12.6. The fourth-order valence-corrected chi connectivity index (χ4v) is 2.30. The van der Waals surface area contributed by atoms with Crippen LogP contribution in [0.1, 0.15) is 5.56 Å². The molecule has 0 radical (unpaired) electrons. The lowest BCUT2D eigenvalue weighted by Gasteiger charge is -2.26. The van der Waals surface area contributed by atoms with Crippen LogP contribution in [0.3, 0.4) is 0 Å². The van der Waals surface area contributed by atoms with Crippen molar-refractivity contribution in [1.82, 2.24) is 5.32 Å². The van der Waals surface area contributed by atoms with Crippen LogP contribution in [0, 0.1) is 5.82 Å². The lowest BCUT2D eigenvalue weighted by atomic mass is 10.1. The third-order valence-electron chi connectivity index (χ3n) is 3.48. The first-order chi connectivity index (χ1) is 11.9. The molecule has 1 saturated heterocycles. The van der Waals surface area contributed by atoms with Gasteiger partial charge in [0.15, 0.2) is 11.5 Å². The maximum Gasteiger partial charge on any atom is 0.335 e. The van der Waals surface area contributed by atoms with Crippen molar-refractivity contribution in [2.45, 2.75) is 0 Å². The molecule has 0 aromatic heterocycles. The molecule has 0 saturated carbocycles. The summed E-state index contributed by atoms with van der Waals surface area (Å²) in [6.45, 7) is 0. The Kier molecular flexibility index (Phi) is 3.94. The highest BCUT2D eigenvalue weighted by molar-refractivity contribution is 6.39. The van der Waals surface area contributed by atoms with Gasteiger partial charge in [-0.3, -0.25) is 14.9 Å². The van der Waals surface area contributed by atoms with Crippen molar-refractivity contribution >= 4 is 29.6 Å². The minimum absolute atomic E-state index is 0.0329. The van der Waals surface area contributed by atoms with E-state index < -0.39 is 29.4 Å². The van der Waals surface area contributed by atoms with Crippen LogP contribution < -0.4 is 10.2 Å². The number of hydrogen-bond acceptors (Lipinski definition) is 5. The van der Waals surface area contributed by atoms with Crippen LogP contribution in [0.25, 0.3) is 6.08 Å². The number of phenols is 2. The standard InChI is InChI=1S/C17H11FN2O5/c18-10-2-1-3-11(8-10)20-16(24)12(15(23)19-17(20)25)6-9-4-5-13(21)14(22)7-9/h1-8,21-22H,(H,19,23,25)/b12-6+. The monoisotopic (exact) mass is 342 g/mol. The third kappa shape index (κ3) is 3.05. The summed E-state index contributed by atoms with van der Waals surface area (Å²) in [6.07, 6.45) is 1.15. The number of rotatable bonds is 2. The van der Waals surface area contributed by atoms with E-state index in [1.54, 1.807) is 0 Å². The van der Waals surface area contributed by atoms with Gasteiger partial charge in [-0.1, -0.05) is 12.1 Å². The van der Waals surface area contributed by atoms with Gasteiger partial charge in [0.05, 0.1) is 5.69 Å². The zero-order chi connectivity index (χ0) is 18.1. The predicted molar refractivity (Wildman–Crippen MR) is 85.2 cm³/mol. The van der Waals surface area contributed by atoms with Crippen LogP contribution in [-0.4, -0.2) is 28.1 Å². The number of anilines is 1. The normalized spacial score (nSPS) is 16.3. The summed E-state index contributed by atoms with van der Waals surface area (Å²) in [5.41, 5.74) is -0.161. The zero-order valence-corrected chi connectivity index (χ0v) is 12.6. The van der Waals surface area contributed by atoms with Gasteiger partial charge >= 0.3 is 6.03 Å². The molecule has 2 aromatic rings. The SMILES string of the molecule is O=C1NC(=O)N(c2cccc(F)c2)C(=O)/C1=C/c1ccc(O)c(O)c1. The van der Waals surface area contributed by atoms with Crippen molar-refractivity contribution in [1.29, 1.82) is 0 Å². The number of carbonyl (C=O) groups is 3. The Labute approximate surface area is 140 Å². The van der Waals surface area contributed by atoms with Gasteiger partial charge in [0.1, 0.15) is 11.4 Å². The summed E-state index contributed by atoms with van der Waals surface area (Å²) in [5.74, 6) is -3.31. The molecule has 2 aromatic carbocycles. The molecule has 0 bridgehead atoms. The summed E-state index contributed by atoms with van der Waals surface area (Å²) < 4.78 is 13.4. The van der Waals surface area contributed by atoms with E-state index in [1.165, 1.54) is 24.3 Å². The largest absolute Gasteiger partial charge is 0.504 e. The molecular weight excluding hydrogens is 331 g/mol. The van der Waals surface area contributed by atoms with Crippen molar-refractivity contribution in [3.8, 4) is 11.5 Å². The molecule has 126 valence electrons. The lowest BCUT2D eigenvalue weighted by Crippen LogP contribution is -2.54. The molecule has 1 fully saturated rings. The van der Waals surface area contributed by atoms with Crippen molar-refractivity contribution in [2.24, 2.45) is 0 Å². The quantitative estimate of drug-likeness (QED) is 0.439. The summed E-state index contributed by atoms with van der Waals surface area (Å²) >= 11 is 0. The van der Waals surface area contributed by atoms with Crippen LogP contribution in [0.4, 0.5) is 14.9 Å². The van der Waals surface area contributed by atoms with Crippen molar-refractivity contribution in [2.75, 3.05) is 4.90 Å². The van der Waals surface area contributed by atoms with E-state index in [0.717, 1.165) is 24.3 Å². The number of nitrogens with one attached hydrogen (secondary N) is 1. The number of urea groups is 1. The van der Waals surface area contributed by atoms with Gasteiger partial charge in [0.25, 0.3) is 11.8 Å². The van der Waals surface area contributed by atoms with E-state index in [-0.39, 0.29) is 22.6 Å². The number of amides is 4. The number of benzene rings is 2. The Morgan fingerprint density at radius 2 is 1.76 bits per heavy atom. The number of hydrogen-bond donors (Lipinski definition) is 3. The number of imide groups is 2. The molecule has 0 spiro atoms. The minimum Gasteiger partial charge on any atom is -0.504 e. The molecule has 1 heterocycles. The number of phenolic OH excluding ortho intramolecular Hbond substituents is 2. The fraction of sp³-hybridized carbons (Fsp3) is 0. The molecule has 3 rings (SSSR count). The fourth-order valence-electron chi connectivity index (χ4n) is 2.30. The minimum atomic E-state index is -0.994. The molecule has 4 amide bonds. The van der Waals surface area contributed by atoms with Gasteiger partial charge in [-0.05, 0) is 42.0 Å². The average molecular weight is 342 g/mol. The first-order valence-corrected chi connectivity index (χ1v) is 7.06. The van der Waals surface area contributed by atoms with Crippen LogP contribution in [0.5, 0.6) is 11.5 Å².